The van der Waals surface area contributed by atoms with E-state index in [1.807, 2.05) is 55.1 Å². The minimum absolute atomic E-state index is 0.0702. The van der Waals surface area contributed by atoms with Crippen LogP contribution in [0.25, 0.3) is 28.1 Å². The molecule has 0 saturated carbocycles. The van der Waals surface area contributed by atoms with Crippen LogP contribution in [0.4, 0.5) is 0 Å². The van der Waals surface area contributed by atoms with Crippen molar-refractivity contribution in [2.24, 2.45) is 0 Å². The van der Waals surface area contributed by atoms with E-state index in [2.05, 4.69) is 15.3 Å². The molecule has 0 spiro atoms. The Hall–Kier alpha value is -4.41. The largest absolute Gasteiger partial charge is 0.507 e. The van der Waals surface area contributed by atoms with Crippen LogP contribution < -0.4 is 9.47 Å². The van der Waals surface area contributed by atoms with E-state index in [4.69, 9.17) is 21.1 Å². The van der Waals surface area contributed by atoms with Gasteiger partial charge >= 0.3 is 5.97 Å². The first-order valence-corrected chi connectivity index (χ1v) is 13.2. The lowest BCUT2D eigenvalue weighted by Crippen LogP contribution is -2.07. The van der Waals surface area contributed by atoms with Gasteiger partial charge in [-0.1, -0.05) is 16.8 Å². The van der Waals surface area contributed by atoms with Crippen molar-refractivity contribution in [1.82, 2.24) is 20.0 Å². The number of rotatable bonds is 9. The number of carboxylic acid groups (broad SMARTS) is 1. The first kappa shape index (κ1) is 26.2. The summed E-state index contributed by atoms with van der Waals surface area (Å²) in [5.74, 6) is -0.920. The first-order chi connectivity index (χ1) is 18.8. The van der Waals surface area contributed by atoms with Crippen LogP contribution in [0.1, 0.15) is 29.8 Å². The summed E-state index contributed by atoms with van der Waals surface area (Å²) in [6, 6.07) is 13.6. The fourth-order valence-electron chi connectivity index (χ4n) is 3.82. The number of hydrogen-bond donors (Lipinski definition) is 2. The van der Waals surface area contributed by atoms with Gasteiger partial charge in [-0.25, -0.2) is 14.5 Å². The first-order valence-electron chi connectivity index (χ1n) is 11.9. The van der Waals surface area contributed by atoms with E-state index in [9.17, 15) is 15.0 Å². The van der Waals surface area contributed by atoms with Gasteiger partial charge in [0.25, 0.3) is 0 Å². The Bertz CT molecular complexity index is 1640. The molecule has 0 atom stereocenters. The second kappa shape index (κ2) is 11.1. The Balaban J connectivity index is 1.51. The second-order valence-corrected chi connectivity index (χ2v) is 10.1. The Morgan fingerprint density at radius 3 is 2.67 bits per heavy atom. The summed E-state index contributed by atoms with van der Waals surface area (Å²) < 4.78 is 13.2. The monoisotopic (exact) mass is 562 g/mol. The number of halogens is 1. The zero-order chi connectivity index (χ0) is 27.5. The van der Waals surface area contributed by atoms with E-state index in [1.165, 1.54) is 18.2 Å². The number of thiophene rings is 1. The number of aromatic carboxylic acids is 1. The third-order valence-electron chi connectivity index (χ3n) is 5.64. The smallest absolute Gasteiger partial charge is 0.339 e. The molecule has 2 N–H and O–H groups in total. The molecule has 0 radical (unpaired) electrons. The van der Waals surface area contributed by atoms with Gasteiger partial charge in [0, 0.05) is 22.7 Å². The number of carboxylic acids is 1. The van der Waals surface area contributed by atoms with Crippen LogP contribution in [-0.2, 0) is 6.61 Å². The zero-order valence-electron chi connectivity index (χ0n) is 20.9. The highest BCUT2D eigenvalue weighted by Gasteiger charge is 2.14. The van der Waals surface area contributed by atoms with E-state index >= 15 is 0 Å². The molecule has 3 heterocycles. The van der Waals surface area contributed by atoms with Crippen LogP contribution in [0.2, 0.25) is 5.02 Å². The van der Waals surface area contributed by atoms with Crippen molar-refractivity contribution in [2.75, 3.05) is 0 Å². The lowest BCUT2D eigenvalue weighted by Gasteiger charge is -2.14. The number of aromatic nitrogens is 4. The fraction of sp³-hybridized carbons (Fsp3) is 0.143. The number of benzene rings is 2. The summed E-state index contributed by atoms with van der Waals surface area (Å²) >= 11 is 8.05. The Kier molecular flexibility index (Phi) is 7.49. The number of phenols is 1. The summed E-state index contributed by atoms with van der Waals surface area (Å²) in [6.45, 7) is 3.92. The minimum atomic E-state index is -1.25. The van der Waals surface area contributed by atoms with Crippen molar-refractivity contribution in [3.63, 3.8) is 0 Å². The topological polar surface area (TPSA) is 120 Å². The fourth-order valence-corrected chi connectivity index (χ4v) is 4.69. The van der Waals surface area contributed by atoms with Gasteiger partial charge in [0.05, 0.1) is 18.0 Å². The Morgan fingerprint density at radius 1 is 1.10 bits per heavy atom. The molecule has 0 bridgehead atoms. The molecule has 0 saturated heterocycles. The zero-order valence-corrected chi connectivity index (χ0v) is 22.5. The van der Waals surface area contributed by atoms with Crippen LogP contribution in [0.15, 0.2) is 71.7 Å². The average Bonchev–Trinajstić information content (AvgIpc) is 3.61. The highest BCUT2D eigenvalue weighted by Crippen LogP contribution is 2.31. The number of nitrogens with zero attached hydrogens (tertiary/aromatic N) is 4. The molecule has 0 aliphatic rings. The van der Waals surface area contributed by atoms with Crippen LogP contribution in [0, 0.1) is 0 Å². The van der Waals surface area contributed by atoms with Gasteiger partial charge in [-0.15, -0.1) is 5.10 Å². The van der Waals surface area contributed by atoms with Gasteiger partial charge in [-0.3, -0.25) is 0 Å². The molecule has 0 aliphatic carbocycles. The normalized spacial score (nSPS) is 11.1. The maximum absolute atomic E-state index is 11.4. The molecule has 5 rings (SSSR count). The van der Waals surface area contributed by atoms with Crippen molar-refractivity contribution in [1.29, 1.82) is 0 Å². The maximum Gasteiger partial charge on any atom is 0.339 e. The highest BCUT2D eigenvalue weighted by atomic mass is 35.5. The number of aromatic hydroxyl groups is 1. The molecule has 198 valence electrons. The molecule has 0 aliphatic heterocycles. The quantitative estimate of drug-likeness (QED) is 0.209. The van der Waals surface area contributed by atoms with Crippen LogP contribution in [0.3, 0.4) is 0 Å². The van der Waals surface area contributed by atoms with Crippen molar-refractivity contribution in [2.45, 2.75) is 26.6 Å². The van der Waals surface area contributed by atoms with Gasteiger partial charge in [-0.2, -0.15) is 11.3 Å². The van der Waals surface area contributed by atoms with Crippen LogP contribution in [0.5, 0.6) is 17.4 Å². The van der Waals surface area contributed by atoms with Crippen molar-refractivity contribution in [3.8, 4) is 45.5 Å². The Morgan fingerprint density at radius 2 is 1.95 bits per heavy atom. The molecule has 39 heavy (non-hydrogen) atoms. The third-order valence-corrected chi connectivity index (χ3v) is 6.60. The predicted molar refractivity (Wildman–Crippen MR) is 148 cm³/mol. The molecule has 2 aromatic carbocycles. The summed E-state index contributed by atoms with van der Waals surface area (Å²) in [5.41, 5.74) is 4.55. The number of ether oxygens (including phenoxy) is 2. The van der Waals surface area contributed by atoms with Gasteiger partial charge in [0.1, 0.15) is 34.4 Å². The standard InChI is InChI=1S/C28H23ClN4O5S/c1-16(2)38-27-24(29)10-20(12-30-27)19-7-17(14-37-22-3-4-26(34)23(11-22)28(35)36)8-21(9-19)33-13-25(31-32-33)18-5-6-39-15-18/h3-13,15-16,34H,14H2,1-2H3,(H,35,36). The lowest BCUT2D eigenvalue weighted by molar-refractivity contribution is 0.0693. The molecular weight excluding hydrogens is 540 g/mol. The van der Waals surface area contributed by atoms with Gasteiger partial charge in [-0.05, 0) is 78.9 Å². The molecule has 0 fully saturated rings. The molecule has 5 aromatic rings. The van der Waals surface area contributed by atoms with Crippen molar-refractivity contribution < 1.29 is 24.5 Å². The predicted octanol–water partition coefficient (Wildman–Crippen LogP) is 6.48. The van der Waals surface area contributed by atoms with E-state index in [0.717, 1.165) is 33.6 Å². The summed E-state index contributed by atoms with van der Waals surface area (Å²) in [7, 11) is 0. The lowest BCUT2D eigenvalue weighted by atomic mass is 10.0. The summed E-state index contributed by atoms with van der Waals surface area (Å²) in [6.07, 6.45) is 3.46. The molecule has 9 nitrogen and oxygen atoms in total. The second-order valence-electron chi connectivity index (χ2n) is 8.90. The van der Waals surface area contributed by atoms with Crippen LogP contribution >= 0.6 is 22.9 Å². The SMILES string of the molecule is CC(C)Oc1ncc(-c2cc(COc3ccc(O)c(C(=O)O)c3)cc(-n3cc(-c4ccsc4)nn3)c2)cc1Cl. The molecular formula is C28H23ClN4O5S. The van der Waals surface area contributed by atoms with E-state index in [-0.39, 0.29) is 24.0 Å². The third kappa shape index (κ3) is 6.02. The number of carbonyl (C=O) groups is 1. The molecule has 0 unspecified atom stereocenters. The van der Waals surface area contributed by atoms with Crippen molar-refractivity contribution in [3.05, 3.63) is 87.8 Å². The molecule has 11 heteroatoms. The van der Waals surface area contributed by atoms with Gasteiger partial charge in [0.2, 0.25) is 5.88 Å². The van der Waals surface area contributed by atoms with Gasteiger partial charge < -0.3 is 19.7 Å². The van der Waals surface area contributed by atoms with Crippen LogP contribution in [-0.4, -0.2) is 42.3 Å². The van der Waals surface area contributed by atoms with Crippen molar-refractivity contribution >= 4 is 28.9 Å². The maximum atomic E-state index is 11.4. The molecule has 3 aromatic heterocycles. The van der Waals surface area contributed by atoms with E-state index < -0.39 is 5.97 Å². The van der Waals surface area contributed by atoms with E-state index in [0.29, 0.717) is 16.7 Å². The number of pyridine rings is 1. The summed E-state index contributed by atoms with van der Waals surface area (Å²) in [4.78, 5) is 15.8. The van der Waals surface area contributed by atoms with E-state index in [1.54, 1.807) is 28.3 Å². The highest BCUT2D eigenvalue weighted by molar-refractivity contribution is 7.08. The Labute approximate surface area is 232 Å². The summed E-state index contributed by atoms with van der Waals surface area (Å²) in [5, 5.41) is 32.1. The molecule has 0 amide bonds. The average molecular weight is 563 g/mol. The number of hydrogen-bond acceptors (Lipinski definition) is 8. The van der Waals surface area contributed by atoms with Gasteiger partial charge in [0.15, 0.2) is 0 Å². The minimum Gasteiger partial charge on any atom is -0.507 e.